The van der Waals surface area contributed by atoms with Gasteiger partial charge in [0, 0.05) is 6.61 Å². The largest absolute Gasteiger partial charge is 0.519 e. The van der Waals surface area contributed by atoms with Crippen LogP contribution in [-0.4, -0.2) is 15.2 Å². The maximum absolute atomic E-state index is 5.97. The maximum atomic E-state index is 5.97. The Morgan fingerprint density at radius 2 is 1.93 bits per heavy atom. The Labute approximate surface area is 91.0 Å². The first-order chi connectivity index (χ1) is 6.55. The summed E-state index contributed by atoms with van der Waals surface area (Å²) in [4.78, 5) is 0. The van der Waals surface area contributed by atoms with E-state index in [-0.39, 0.29) is 0 Å². The third-order valence-electron chi connectivity index (χ3n) is 1.68. The Balaban J connectivity index is 2.73. The fourth-order valence-corrected chi connectivity index (χ4v) is 2.87. The summed E-state index contributed by atoms with van der Waals surface area (Å²) in [6.07, 6.45) is 0. The van der Waals surface area contributed by atoms with E-state index in [0.717, 1.165) is 0 Å². The highest BCUT2D eigenvalue weighted by Gasteiger charge is 2.26. The van der Waals surface area contributed by atoms with Crippen LogP contribution in [0.15, 0.2) is 24.3 Å². The van der Waals surface area contributed by atoms with E-state index in [9.17, 15) is 0 Å². The number of rotatable bonds is 4. The first-order valence-corrected chi connectivity index (χ1v) is 7.82. The summed E-state index contributed by atoms with van der Waals surface area (Å²) in [5.41, 5.74) is 0. The minimum atomic E-state index is -2.06. The second-order valence-electron chi connectivity index (χ2n) is 3.37. The summed E-state index contributed by atoms with van der Waals surface area (Å²) in [7, 11) is -2.06. The van der Waals surface area contributed by atoms with Gasteiger partial charge in [-0.2, -0.15) is 0 Å². The highest BCUT2D eigenvalue weighted by Crippen LogP contribution is 2.26. The van der Waals surface area contributed by atoms with Crippen molar-refractivity contribution in [3.05, 3.63) is 29.3 Å². The van der Waals surface area contributed by atoms with Crippen LogP contribution in [0.3, 0.4) is 0 Å². The highest BCUT2D eigenvalue weighted by molar-refractivity contribution is 6.65. The highest BCUT2D eigenvalue weighted by atomic mass is 35.5. The molecule has 4 heteroatoms. The second-order valence-corrected chi connectivity index (χ2v) is 7.06. The summed E-state index contributed by atoms with van der Waals surface area (Å²) in [5.74, 6) is 0.708. The average Bonchev–Trinajstić information content (AvgIpc) is 2.08. The Kier molecular flexibility index (Phi) is 3.98. The molecule has 0 aliphatic heterocycles. The van der Waals surface area contributed by atoms with Crippen LogP contribution in [0.5, 0.6) is 5.75 Å². The van der Waals surface area contributed by atoms with Crippen molar-refractivity contribution in [3.63, 3.8) is 0 Å². The van der Waals surface area contributed by atoms with E-state index in [1.165, 1.54) is 0 Å². The summed E-state index contributed by atoms with van der Waals surface area (Å²) < 4.78 is 11.3. The van der Waals surface area contributed by atoms with E-state index >= 15 is 0 Å². The zero-order valence-corrected chi connectivity index (χ0v) is 10.5. The SMILES string of the molecule is CCO[Si](C)(C)Oc1ccccc1Cl. The molecule has 0 heterocycles. The number of benzene rings is 1. The Hall–Kier alpha value is -0.513. The molecule has 0 unspecified atom stereocenters. The first kappa shape index (κ1) is 11.6. The summed E-state index contributed by atoms with van der Waals surface area (Å²) in [6.45, 7) is 6.63. The topological polar surface area (TPSA) is 18.5 Å². The van der Waals surface area contributed by atoms with Gasteiger partial charge in [-0.25, -0.2) is 0 Å². The van der Waals surface area contributed by atoms with Crippen molar-refractivity contribution < 1.29 is 8.85 Å². The molecule has 0 atom stereocenters. The van der Waals surface area contributed by atoms with Crippen molar-refractivity contribution >= 4 is 20.2 Å². The molecule has 0 N–H and O–H groups in total. The summed E-state index contributed by atoms with van der Waals surface area (Å²) >= 11 is 5.97. The fourth-order valence-electron chi connectivity index (χ4n) is 1.17. The first-order valence-electron chi connectivity index (χ1n) is 4.62. The van der Waals surface area contributed by atoms with Gasteiger partial charge in [0.05, 0.1) is 5.02 Å². The Bertz CT molecular complexity index is 302. The van der Waals surface area contributed by atoms with Crippen molar-refractivity contribution in [2.24, 2.45) is 0 Å². The molecule has 0 spiro atoms. The molecule has 2 nitrogen and oxygen atoms in total. The van der Waals surface area contributed by atoms with Gasteiger partial charge in [-0.05, 0) is 32.2 Å². The molecular weight excluding hydrogens is 216 g/mol. The monoisotopic (exact) mass is 230 g/mol. The molecule has 14 heavy (non-hydrogen) atoms. The second kappa shape index (κ2) is 4.82. The van der Waals surface area contributed by atoms with Gasteiger partial charge in [0.15, 0.2) is 0 Å². The molecule has 1 aromatic rings. The number of hydrogen-bond acceptors (Lipinski definition) is 2. The minimum absolute atomic E-state index is 0.632. The molecule has 78 valence electrons. The van der Waals surface area contributed by atoms with Gasteiger partial charge in [0.25, 0.3) is 0 Å². The molecule has 0 aromatic heterocycles. The molecule has 1 rings (SSSR count). The van der Waals surface area contributed by atoms with Gasteiger partial charge in [-0.1, -0.05) is 23.7 Å². The van der Waals surface area contributed by atoms with E-state index in [1.54, 1.807) is 0 Å². The standard InChI is InChI=1S/C10H15ClO2Si/c1-4-12-14(2,3)13-10-8-6-5-7-9(10)11/h5-8H,4H2,1-3H3. The zero-order chi connectivity index (χ0) is 10.6. The minimum Gasteiger partial charge on any atom is -0.519 e. The van der Waals surface area contributed by atoms with Gasteiger partial charge in [-0.3, -0.25) is 0 Å². The van der Waals surface area contributed by atoms with Crippen LogP contribution in [-0.2, 0) is 4.43 Å². The zero-order valence-electron chi connectivity index (χ0n) is 8.71. The molecule has 0 aliphatic carbocycles. The molecule has 0 radical (unpaired) electrons. The van der Waals surface area contributed by atoms with Crippen LogP contribution >= 0.6 is 11.6 Å². The molecule has 0 amide bonds. The lowest BCUT2D eigenvalue weighted by molar-refractivity contribution is 0.264. The summed E-state index contributed by atoms with van der Waals surface area (Å²) in [5, 5.41) is 0.632. The van der Waals surface area contributed by atoms with E-state index in [1.807, 2.05) is 44.3 Å². The number of halogens is 1. The quantitative estimate of drug-likeness (QED) is 0.738. The van der Waals surface area contributed by atoms with Crippen molar-refractivity contribution in [1.82, 2.24) is 0 Å². The van der Waals surface area contributed by atoms with Gasteiger partial charge >= 0.3 is 8.56 Å². The molecule has 0 saturated heterocycles. The van der Waals surface area contributed by atoms with E-state index < -0.39 is 8.56 Å². The van der Waals surface area contributed by atoms with Gasteiger partial charge in [0.1, 0.15) is 5.75 Å². The van der Waals surface area contributed by atoms with Crippen molar-refractivity contribution in [2.45, 2.75) is 20.0 Å². The predicted octanol–water partition coefficient (Wildman–Crippen LogP) is 3.46. The van der Waals surface area contributed by atoms with Crippen LogP contribution in [0.4, 0.5) is 0 Å². The van der Waals surface area contributed by atoms with Gasteiger partial charge in [0.2, 0.25) is 0 Å². The third-order valence-corrected chi connectivity index (χ3v) is 3.69. The molecule has 0 saturated carbocycles. The lowest BCUT2D eigenvalue weighted by Crippen LogP contribution is -2.38. The van der Waals surface area contributed by atoms with Crippen LogP contribution in [0.25, 0.3) is 0 Å². The van der Waals surface area contributed by atoms with Crippen molar-refractivity contribution in [2.75, 3.05) is 6.61 Å². The summed E-state index contributed by atoms with van der Waals surface area (Å²) in [6, 6.07) is 7.45. The third kappa shape index (κ3) is 3.33. The van der Waals surface area contributed by atoms with E-state index in [0.29, 0.717) is 17.4 Å². The van der Waals surface area contributed by atoms with Crippen LogP contribution in [0.1, 0.15) is 6.92 Å². The molecule has 0 bridgehead atoms. The van der Waals surface area contributed by atoms with Crippen LogP contribution in [0, 0.1) is 0 Å². The predicted molar refractivity (Wildman–Crippen MR) is 61.2 cm³/mol. The normalized spacial score (nSPS) is 11.4. The van der Waals surface area contributed by atoms with Crippen molar-refractivity contribution in [3.8, 4) is 5.75 Å². The van der Waals surface area contributed by atoms with E-state index in [2.05, 4.69) is 0 Å². The number of hydrogen-bond donors (Lipinski definition) is 0. The smallest absolute Gasteiger partial charge is 0.392 e. The lowest BCUT2D eigenvalue weighted by Gasteiger charge is -2.23. The molecule has 0 aliphatic rings. The molecule has 0 fully saturated rings. The van der Waals surface area contributed by atoms with Gasteiger partial charge < -0.3 is 8.85 Å². The molecule has 1 aromatic carbocycles. The average molecular weight is 231 g/mol. The van der Waals surface area contributed by atoms with Crippen molar-refractivity contribution in [1.29, 1.82) is 0 Å². The Morgan fingerprint density at radius 1 is 1.29 bits per heavy atom. The van der Waals surface area contributed by atoms with Crippen LogP contribution < -0.4 is 4.43 Å². The Morgan fingerprint density at radius 3 is 2.50 bits per heavy atom. The fraction of sp³-hybridized carbons (Fsp3) is 0.400. The van der Waals surface area contributed by atoms with Gasteiger partial charge in [-0.15, -0.1) is 0 Å². The van der Waals surface area contributed by atoms with Crippen LogP contribution in [0.2, 0.25) is 18.1 Å². The van der Waals surface area contributed by atoms with E-state index in [4.69, 9.17) is 20.5 Å². The maximum Gasteiger partial charge on any atom is 0.392 e. The number of para-hydroxylation sites is 1. The lowest BCUT2D eigenvalue weighted by atomic mass is 10.3. The molecular formula is C10H15ClO2Si.